The minimum absolute atomic E-state index is 0.0137. The van der Waals surface area contributed by atoms with E-state index in [1.165, 1.54) is 34.6 Å². The fourth-order valence-electron chi connectivity index (χ4n) is 3.66. The molecule has 32 heavy (non-hydrogen) atoms. The van der Waals surface area contributed by atoms with Gasteiger partial charge in [-0.3, -0.25) is 9.69 Å². The molecule has 0 N–H and O–H groups in total. The molecule has 0 fully saturated rings. The average molecular weight is 454 g/mol. The number of amides is 1. The normalized spacial score (nSPS) is 11.2. The van der Waals surface area contributed by atoms with Gasteiger partial charge in [0.1, 0.15) is 16.5 Å². The molecule has 0 saturated heterocycles. The molecule has 0 bridgehead atoms. The van der Waals surface area contributed by atoms with Gasteiger partial charge in [0.2, 0.25) is 0 Å². The third-order valence-corrected chi connectivity index (χ3v) is 6.08. The first-order valence-corrected chi connectivity index (χ1v) is 12.1. The predicted octanol–water partition coefficient (Wildman–Crippen LogP) is 6.06. The van der Waals surface area contributed by atoms with Crippen LogP contribution in [-0.2, 0) is 19.6 Å². The standard InChI is InChI=1S/C26H32FN3OS/c1-4-14-30(15-5-2)26(31)24-19-32-25(28-24)18-29(16-21-8-6-20(3)7-9-21)17-22-10-12-23(27)13-11-22/h6-13,19H,4-5,14-18H2,1-3H3. The fourth-order valence-corrected chi connectivity index (χ4v) is 4.47. The largest absolute Gasteiger partial charge is 0.337 e. The van der Waals surface area contributed by atoms with Crippen LogP contribution in [0.2, 0.25) is 0 Å². The quantitative estimate of drug-likeness (QED) is 0.354. The number of hydrogen-bond acceptors (Lipinski definition) is 4. The summed E-state index contributed by atoms with van der Waals surface area (Å²) in [6.45, 7) is 9.81. The van der Waals surface area contributed by atoms with Crippen LogP contribution < -0.4 is 0 Å². The Bertz CT molecular complexity index is 932. The number of nitrogens with zero attached hydrogens (tertiary/aromatic N) is 3. The molecule has 1 amide bonds. The highest BCUT2D eigenvalue weighted by Gasteiger charge is 2.19. The van der Waals surface area contributed by atoms with Crippen molar-refractivity contribution in [2.75, 3.05) is 13.1 Å². The minimum atomic E-state index is -0.231. The molecule has 2 aromatic carbocycles. The van der Waals surface area contributed by atoms with Crippen molar-refractivity contribution in [3.63, 3.8) is 0 Å². The van der Waals surface area contributed by atoms with E-state index in [9.17, 15) is 9.18 Å². The second-order valence-electron chi connectivity index (χ2n) is 8.18. The Balaban J connectivity index is 1.75. The molecule has 3 rings (SSSR count). The van der Waals surface area contributed by atoms with Crippen molar-refractivity contribution in [2.45, 2.75) is 53.2 Å². The van der Waals surface area contributed by atoms with Crippen LogP contribution in [0.1, 0.15) is 58.9 Å². The molecular formula is C26H32FN3OS. The number of benzene rings is 2. The molecule has 170 valence electrons. The monoisotopic (exact) mass is 453 g/mol. The van der Waals surface area contributed by atoms with Crippen molar-refractivity contribution in [3.8, 4) is 0 Å². The van der Waals surface area contributed by atoms with E-state index < -0.39 is 0 Å². The number of aromatic nitrogens is 1. The summed E-state index contributed by atoms with van der Waals surface area (Å²) in [6, 6.07) is 15.1. The molecule has 0 aliphatic heterocycles. The number of rotatable bonds is 11. The van der Waals surface area contributed by atoms with Gasteiger partial charge < -0.3 is 4.90 Å². The molecule has 0 saturated carbocycles. The first-order valence-electron chi connectivity index (χ1n) is 11.2. The molecule has 0 spiro atoms. The Hall–Kier alpha value is -2.57. The third kappa shape index (κ3) is 6.97. The van der Waals surface area contributed by atoms with Crippen LogP contribution in [0.5, 0.6) is 0 Å². The maximum Gasteiger partial charge on any atom is 0.273 e. The molecular weight excluding hydrogens is 421 g/mol. The molecule has 4 nitrogen and oxygen atoms in total. The summed E-state index contributed by atoms with van der Waals surface area (Å²) in [5.74, 6) is -0.217. The maximum atomic E-state index is 13.4. The van der Waals surface area contributed by atoms with Gasteiger partial charge in [0, 0.05) is 31.6 Å². The van der Waals surface area contributed by atoms with Crippen molar-refractivity contribution >= 4 is 17.2 Å². The van der Waals surface area contributed by atoms with Crippen LogP contribution in [-0.4, -0.2) is 33.8 Å². The van der Waals surface area contributed by atoms with Gasteiger partial charge in [-0.2, -0.15) is 0 Å². The first kappa shape index (κ1) is 24.1. The van der Waals surface area contributed by atoms with E-state index in [0.717, 1.165) is 43.0 Å². The summed E-state index contributed by atoms with van der Waals surface area (Å²) in [5, 5.41) is 2.79. The van der Waals surface area contributed by atoms with Crippen molar-refractivity contribution < 1.29 is 9.18 Å². The maximum absolute atomic E-state index is 13.4. The van der Waals surface area contributed by atoms with E-state index in [1.54, 1.807) is 0 Å². The Morgan fingerprint density at radius 1 is 0.906 bits per heavy atom. The number of carbonyl (C=O) groups excluding carboxylic acids is 1. The van der Waals surface area contributed by atoms with E-state index >= 15 is 0 Å². The third-order valence-electron chi connectivity index (χ3n) is 5.25. The van der Waals surface area contributed by atoms with E-state index in [2.05, 4.69) is 54.9 Å². The second-order valence-corrected chi connectivity index (χ2v) is 9.12. The summed E-state index contributed by atoms with van der Waals surface area (Å²) in [6.07, 6.45) is 1.87. The molecule has 3 aromatic rings. The van der Waals surface area contributed by atoms with Gasteiger partial charge in [0.05, 0.1) is 6.54 Å². The summed E-state index contributed by atoms with van der Waals surface area (Å²) < 4.78 is 13.4. The van der Waals surface area contributed by atoms with Crippen molar-refractivity contribution in [1.29, 1.82) is 0 Å². The van der Waals surface area contributed by atoms with Gasteiger partial charge in [-0.25, -0.2) is 9.37 Å². The molecule has 0 unspecified atom stereocenters. The lowest BCUT2D eigenvalue weighted by Crippen LogP contribution is -2.32. The van der Waals surface area contributed by atoms with Crippen LogP contribution >= 0.6 is 11.3 Å². The molecule has 1 aromatic heterocycles. The van der Waals surface area contributed by atoms with E-state index in [1.807, 2.05) is 22.4 Å². The molecule has 0 atom stereocenters. The van der Waals surface area contributed by atoms with E-state index in [-0.39, 0.29) is 11.7 Å². The smallest absolute Gasteiger partial charge is 0.273 e. The first-order chi connectivity index (χ1) is 15.5. The van der Waals surface area contributed by atoms with E-state index in [0.29, 0.717) is 18.8 Å². The van der Waals surface area contributed by atoms with Crippen LogP contribution in [0, 0.1) is 12.7 Å². The van der Waals surface area contributed by atoms with Crippen molar-refractivity contribution in [1.82, 2.24) is 14.8 Å². The lowest BCUT2D eigenvalue weighted by atomic mass is 10.1. The number of thiazole rings is 1. The summed E-state index contributed by atoms with van der Waals surface area (Å²) in [5.41, 5.74) is 4.01. The second kappa shape index (κ2) is 11.9. The Morgan fingerprint density at radius 2 is 1.47 bits per heavy atom. The summed E-state index contributed by atoms with van der Waals surface area (Å²) >= 11 is 1.53. The zero-order valence-electron chi connectivity index (χ0n) is 19.2. The van der Waals surface area contributed by atoms with Gasteiger partial charge in [0.15, 0.2) is 0 Å². The zero-order valence-corrected chi connectivity index (χ0v) is 20.0. The number of hydrogen-bond donors (Lipinski definition) is 0. The lowest BCUT2D eigenvalue weighted by Gasteiger charge is -2.22. The minimum Gasteiger partial charge on any atom is -0.337 e. The molecule has 1 heterocycles. The highest BCUT2D eigenvalue weighted by atomic mass is 32.1. The lowest BCUT2D eigenvalue weighted by molar-refractivity contribution is 0.0750. The van der Waals surface area contributed by atoms with Crippen LogP contribution in [0.3, 0.4) is 0 Å². The highest BCUT2D eigenvalue weighted by molar-refractivity contribution is 7.09. The van der Waals surface area contributed by atoms with Gasteiger partial charge in [-0.05, 0) is 43.0 Å². The van der Waals surface area contributed by atoms with Crippen molar-refractivity contribution in [2.24, 2.45) is 0 Å². The van der Waals surface area contributed by atoms with Gasteiger partial charge in [0.25, 0.3) is 5.91 Å². The van der Waals surface area contributed by atoms with Gasteiger partial charge >= 0.3 is 0 Å². The number of aryl methyl sites for hydroxylation is 1. The fraction of sp³-hybridized carbons (Fsp3) is 0.385. The highest BCUT2D eigenvalue weighted by Crippen LogP contribution is 2.19. The topological polar surface area (TPSA) is 36.4 Å². The van der Waals surface area contributed by atoms with Gasteiger partial charge in [-0.1, -0.05) is 55.8 Å². The summed E-state index contributed by atoms with van der Waals surface area (Å²) in [7, 11) is 0. The Labute approximate surface area is 194 Å². The molecule has 0 aliphatic rings. The number of halogens is 1. The predicted molar refractivity (Wildman–Crippen MR) is 129 cm³/mol. The SMILES string of the molecule is CCCN(CCC)C(=O)c1csc(CN(Cc2ccc(C)cc2)Cc2ccc(F)cc2)n1. The Kier molecular flexibility index (Phi) is 8.94. The van der Waals surface area contributed by atoms with Crippen LogP contribution in [0.25, 0.3) is 0 Å². The molecule has 0 radical (unpaired) electrons. The van der Waals surface area contributed by atoms with Crippen LogP contribution in [0.4, 0.5) is 4.39 Å². The van der Waals surface area contributed by atoms with Crippen LogP contribution in [0.15, 0.2) is 53.9 Å². The number of carbonyl (C=O) groups is 1. The summed E-state index contributed by atoms with van der Waals surface area (Å²) in [4.78, 5) is 21.7. The van der Waals surface area contributed by atoms with E-state index in [4.69, 9.17) is 0 Å². The van der Waals surface area contributed by atoms with Gasteiger partial charge in [-0.15, -0.1) is 11.3 Å². The zero-order chi connectivity index (χ0) is 22.9. The molecule has 6 heteroatoms. The average Bonchev–Trinajstić information content (AvgIpc) is 3.24. The Morgan fingerprint density at radius 3 is 2.03 bits per heavy atom. The van der Waals surface area contributed by atoms with Crippen molar-refractivity contribution in [3.05, 3.63) is 87.1 Å². The molecule has 0 aliphatic carbocycles.